The molecule has 0 aliphatic heterocycles. The molecule has 15 heavy (non-hydrogen) atoms. The highest BCUT2D eigenvalue weighted by molar-refractivity contribution is 6.35. The van der Waals surface area contributed by atoms with Crippen LogP contribution in [0, 0.1) is 0 Å². The minimum Gasteiger partial charge on any atom is -0.464 e. The first-order valence-corrected chi connectivity index (χ1v) is 5.60. The Morgan fingerprint density at radius 3 is 3.07 bits per heavy atom. The summed E-state index contributed by atoms with van der Waals surface area (Å²) in [6.45, 7) is 0.849. The Kier molecular flexibility index (Phi) is 2.19. The molecule has 1 aliphatic carbocycles. The van der Waals surface area contributed by atoms with Crippen molar-refractivity contribution >= 4 is 22.6 Å². The van der Waals surface area contributed by atoms with Crippen LogP contribution in [0.25, 0.3) is 11.0 Å². The van der Waals surface area contributed by atoms with Crippen LogP contribution in [0.15, 0.2) is 28.9 Å². The average molecular weight is 222 g/mol. The number of halogens is 1. The zero-order valence-corrected chi connectivity index (χ0v) is 9.05. The van der Waals surface area contributed by atoms with Crippen molar-refractivity contribution in [3.8, 4) is 0 Å². The predicted octanol–water partition coefficient (Wildman–Crippen LogP) is 3.34. The summed E-state index contributed by atoms with van der Waals surface area (Å²) in [6, 6.07) is 6.46. The van der Waals surface area contributed by atoms with Crippen LogP contribution in [0.1, 0.15) is 18.4 Å². The smallest absolute Gasteiger partial charge is 0.135 e. The second-order valence-corrected chi connectivity index (χ2v) is 4.44. The summed E-state index contributed by atoms with van der Waals surface area (Å²) in [4.78, 5) is 0. The molecule has 1 heterocycles. The van der Waals surface area contributed by atoms with Crippen molar-refractivity contribution in [3.05, 3.63) is 35.0 Å². The molecular formula is C12H12ClNO. The SMILES string of the molecule is Clc1cccc2occ(CNC3CC3)c12. The number of benzene rings is 1. The number of hydrogen-bond donors (Lipinski definition) is 1. The van der Waals surface area contributed by atoms with E-state index in [1.165, 1.54) is 12.8 Å². The van der Waals surface area contributed by atoms with Gasteiger partial charge in [-0.1, -0.05) is 17.7 Å². The molecule has 0 unspecified atom stereocenters. The molecule has 1 aliphatic rings. The number of nitrogens with one attached hydrogen (secondary N) is 1. The molecule has 0 atom stereocenters. The predicted molar refractivity (Wildman–Crippen MR) is 61.1 cm³/mol. The van der Waals surface area contributed by atoms with Gasteiger partial charge >= 0.3 is 0 Å². The van der Waals surface area contributed by atoms with Gasteiger partial charge in [0.15, 0.2) is 0 Å². The second-order valence-electron chi connectivity index (χ2n) is 4.03. The molecule has 1 saturated carbocycles. The van der Waals surface area contributed by atoms with Crippen molar-refractivity contribution in [2.24, 2.45) is 0 Å². The number of rotatable bonds is 3. The molecule has 1 aromatic carbocycles. The first kappa shape index (κ1) is 9.25. The summed E-state index contributed by atoms with van der Waals surface area (Å²) < 4.78 is 5.46. The van der Waals surface area contributed by atoms with E-state index in [-0.39, 0.29) is 0 Å². The van der Waals surface area contributed by atoms with Gasteiger partial charge in [0.2, 0.25) is 0 Å². The number of furan rings is 1. The van der Waals surface area contributed by atoms with Crippen LogP contribution in [0.2, 0.25) is 5.02 Å². The van der Waals surface area contributed by atoms with E-state index in [9.17, 15) is 0 Å². The minimum atomic E-state index is 0.706. The molecule has 3 rings (SSSR count). The van der Waals surface area contributed by atoms with Crippen LogP contribution in [0.3, 0.4) is 0 Å². The lowest BCUT2D eigenvalue weighted by Gasteiger charge is -2.00. The highest BCUT2D eigenvalue weighted by Crippen LogP contribution is 2.29. The van der Waals surface area contributed by atoms with Crippen molar-refractivity contribution < 1.29 is 4.42 Å². The molecule has 3 heteroatoms. The third-order valence-corrected chi connectivity index (χ3v) is 3.10. The average Bonchev–Trinajstić information content (AvgIpc) is 2.96. The fourth-order valence-corrected chi connectivity index (χ4v) is 2.07. The van der Waals surface area contributed by atoms with Gasteiger partial charge in [0.05, 0.1) is 11.3 Å². The first-order chi connectivity index (χ1) is 7.34. The van der Waals surface area contributed by atoms with Gasteiger partial charge in [0, 0.05) is 23.5 Å². The van der Waals surface area contributed by atoms with Gasteiger partial charge in [0.1, 0.15) is 5.58 Å². The van der Waals surface area contributed by atoms with Gasteiger partial charge in [-0.15, -0.1) is 0 Å². The summed E-state index contributed by atoms with van der Waals surface area (Å²) in [5, 5.41) is 5.28. The molecule has 0 amide bonds. The Labute approximate surface area is 93.2 Å². The fraction of sp³-hybridized carbons (Fsp3) is 0.333. The normalized spacial score (nSPS) is 16.1. The molecule has 2 nitrogen and oxygen atoms in total. The lowest BCUT2D eigenvalue weighted by molar-refractivity contribution is 0.601. The van der Waals surface area contributed by atoms with Crippen LogP contribution in [-0.2, 0) is 6.54 Å². The topological polar surface area (TPSA) is 25.2 Å². The molecular weight excluding hydrogens is 210 g/mol. The van der Waals surface area contributed by atoms with Crippen LogP contribution in [0.5, 0.6) is 0 Å². The summed E-state index contributed by atoms with van der Waals surface area (Å²) in [7, 11) is 0. The van der Waals surface area contributed by atoms with E-state index in [0.717, 1.165) is 28.1 Å². The summed E-state index contributed by atoms with van der Waals surface area (Å²) in [6.07, 6.45) is 4.39. The second kappa shape index (κ2) is 3.54. The fourth-order valence-electron chi connectivity index (χ4n) is 1.78. The van der Waals surface area contributed by atoms with E-state index in [1.807, 2.05) is 18.2 Å². The Morgan fingerprint density at radius 2 is 2.27 bits per heavy atom. The summed E-state index contributed by atoms with van der Waals surface area (Å²) in [5.41, 5.74) is 2.03. The maximum absolute atomic E-state index is 6.15. The minimum absolute atomic E-state index is 0.706. The van der Waals surface area contributed by atoms with Crippen molar-refractivity contribution in [2.75, 3.05) is 0 Å². The monoisotopic (exact) mass is 221 g/mol. The molecule has 1 fully saturated rings. The van der Waals surface area contributed by atoms with Gasteiger partial charge in [-0.3, -0.25) is 0 Å². The van der Waals surface area contributed by atoms with Crippen molar-refractivity contribution in [3.63, 3.8) is 0 Å². The first-order valence-electron chi connectivity index (χ1n) is 5.22. The third-order valence-electron chi connectivity index (χ3n) is 2.78. The summed E-state index contributed by atoms with van der Waals surface area (Å²) in [5.74, 6) is 0. The highest BCUT2D eigenvalue weighted by atomic mass is 35.5. The lowest BCUT2D eigenvalue weighted by atomic mass is 10.2. The zero-order chi connectivity index (χ0) is 10.3. The number of hydrogen-bond acceptors (Lipinski definition) is 2. The van der Waals surface area contributed by atoms with E-state index in [2.05, 4.69) is 5.32 Å². The van der Waals surface area contributed by atoms with Crippen molar-refractivity contribution in [1.29, 1.82) is 0 Å². The van der Waals surface area contributed by atoms with E-state index >= 15 is 0 Å². The van der Waals surface area contributed by atoms with Gasteiger partial charge < -0.3 is 9.73 Å². The maximum Gasteiger partial charge on any atom is 0.135 e. The van der Waals surface area contributed by atoms with E-state index in [0.29, 0.717) is 6.04 Å². The third kappa shape index (κ3) is 1.75. The van der Waals surface area contributed by atoms with Crippen molar-refractivity contribution in [2.45, 2.75) is 25.4 Å². The summed E-state index contributed by atoms with van der Waals surface area (Å²) >= 11 is 6.15. The van der Waals surface area contributed by atoms with Crippen molar-refractivity contribution in [1.82, 2.24) is 5.32 Å². The van der Waals surface area contributed by atoms with Crippen LogP contribution in [-0.4, -0.2) is 6.04 Å². The molecule has 0 spiro atoms. The molecule has 1 N–H and O–H groups in total. The van der Waals surface area contributed by atoms with Crippen LogP contribution < -0.4 is 5.32 Å². The molecule has 0 radical (unpaired) electrons. The van der Waals surface area contributed by atoms with Crippen LogP contribution in [0.4, 0.5) is 0 Å². The highest BCUT2D eigenvalue weighted by Gasteiger charge is 2.21. The van der Waals surface area contributed by atoms with Gasteiger partial charge in [0.25, 0.3) is 0 Å². The van der Waals surface area contributed by atoms with E-state index in [1.54, 1.807) is 6.26 Å². The largest absolute Gasteiger partial charge is 0.464 e. The quantitative estimate of drug-likeness (QED) is 0.860. The van der Waals surface area contributed by atoms with E-state index < -0.39 is 0 Å². The molecule has 2 aromatic rings. The Balaban J connectivity index is 1.94. The van der Waals surface area contributed by atoms with Gasteiger partial charge in [-0.25, -0.2) is 0 Å². The Morgan fingerprint density at radius 1 is 1.40 bits per heavy atom. The van der Waals surface area contributed by atoms with Gasteiger partial charge in [-0.2, -0.15) is 0 Å². The zero-order valence-electron chi connectivity index (χ0n) is 8.29. The molecule has 1 aromatic heterocycles. The lowest BCUT2D eigenvalue weighted by Crippen LogP contribution is -2.14. The Hall–Kier alpha value is -0.990. The molecule has 0 bridgehead atoms. The van der Waals surface area contributed by atoms with Gasteiger partial charge in [-0.05, 0) is 25.0 Å². The Bertz CT molecular complexity index is 487. The standard InChI is InChI=1S/C12H12ClNO/c13-10-2-1-3-11-12(10)8(7-15-11)6-14-9-4-5-9/h1-3,7,9,14H,4-6H2. The number of fused-ring (bicyclic) bond motifs is 1. The molecule has 78 valence electrons. The molecule has 0 saturated heterocycles. The van der Waals surface area contributed by atoms with Crippen LogP contribution >= 0.6 is 11.6 Å². The maximum atomic E-state index is 6.15. The van der Waals surface area contributed by atoms with E-state index in [4.69, 9.17) is 16.0 Å².